The van der Waals surface area contributed by atoms with Gasteiger partial charge in [0.25, 0.3) is 0 Å². The van der Waals surface area contributed by atoms with Crippen molar-refractivity contribution in [3.05, 3.63) is 11.4 Å². The fourth-order valence-corrected chi connectivity index (χ4v) is 1.90. The van der Waals surface area contributed by atoms with Crippen LogP contribution in [0.2, 0.25) is 0 Å². The lowest BCUT2D eigenvalue weighted by Gasteiger charge is -2.15. The van der Waals surface area contributed by atoms with E-state index in [0.29, 0.717) is 0 Å². The minimum Gasteiger partial charge on any atom is -0.390 e. The van der Waals surface area contributed by atoms with E-state index >= 15 is 0 Å². The molecule has 0 fully saturated rings. The van der Waals surface area contributed by atoms with Crippen LogP contribution in [0, 0.1) is 6.92 Å². The number of imidazole rings is 1. The van der Waals surface area contributed by atoms with Gasteiger partial charge in [-0.2, -0.15) is 0 Å². The molecule has 2 heterocycles. The molecule has 0 saturated carbocycles. The van der Waals surface area contributed by atoms with Crippen molar-refractivity contribution in [3.63, 3.8) is 0 Å². The number of hydrogen-bond acceptors (Lipinski definition) is 3. The third-order valence-electron chi connectivity index (χ3n) is 1.76. The van der Waals surface area contributed by atoms with E-state index < -0.39 is 0 Å². The van der Waals surface area contributed by atoms with Crippen LogP contribution in [0.4, 0.5) is 0 Å². The zero-order chi connectivity index (χ0) is 7.14. The van der Waals surface area contributed by atoms with Crippen molar-refractivity contribution in [3.8, 4) is 0 Å². The lowest BCUT2D eigenvalue weighted by Crippen LogP contribution is -2.07. The van der Waals surface area contributed by atoms with Crippen LogP contribution in [0.15, 0.2) is 5.16 Å². The Balaban J connectivity index is 2.52. The molecule has 54 valence electrons. The molecule has 10 heavy (non-hydrogen) atoms. The van der Waals surface area contributed by atoms with E-state index in [1.807, 2.05) is 6.92 Å². The van der Waals surface area contributed by atoms with Crippen molar-refractivity contribution < 1.29 is 5.11 Å². The summed E-state index contributed by atoms with van der Waals surface area (Å²) in [5.74, 6) is 0.994. The van der Waals surface area contributed by atoms with Gasteiger partial charge in [0.15, 0.2) is 5.16 Å². The first kappa shape index (κ1) is 6.24. The molecule has 0 atom stereocenters. The molecule has 1 N–H and O–H groups in total. The molecule has 1 aliphatic rings. The van der Waals surface area contributed by atoms with Gasteiger partial charge in [0, 0.05) is 5.69 Å². The summed E-state index contributed by atoms with van der Waals surface area (Å²) in [5.41, 5.74) is 1.93. The summed E-state index contributed by atoms with van der Waals surface area (Å²) in [7, 11) is 0. The van der Waals surface area contributed by atoms with E-state index in [2.05, 4.69) is 9.55 Å². The number of aliphatic hydroxyl groups is 1. The molecule has 0 bridgehead atoms. The molecule has 0 amide bonds. The highest BCUT2D eigenvalue weighted by atomic mass is 32.2. The minimum absolute atomic E-state index is 0.0619. The van der Waals surface area contributed by atoms with Crippen LogP contribution in [0.5, 0.6) is 0 Å². The van der Waals surface area contributed by atoms with Gasteiger partial charge in [0.2, 0.25) is 0 Å². The summed E-state index contributed by atoms with van der Waals surface area (Å²) in [6, 6.07) is 0. The van der Waals surface area contributed by atoms with Crippen LogP contribution in [0.1, 0.15) is 11.4 Å². The second-order valence-electron chi connectivity index (χ2n) is 2.29. The lowest BCUT2D eigenvalue weighted by molar-refractivity contribution is 0.276. The molecule has 0 aliphatic carbocycles. The summed E-state index contributed by atoms with van der Waals surface area (Å²) in [5, 5.41) is 9.84. The van der Waals surface area contributed by atoms with E-state index in [1.54, 1.807) is 11.8 Å². The molecule has 1 aliphatic heterocycles. The van der Waals surface area contributed by atoms with E-state index in [1.165, 1.54) is 0 Å². The van der Waals surface area contributed by atoms with Gasteiger partial charge < -0.3 is 9.67 Å². The topological polar surface area (TPSA) is 38.1 Å². The van der Waals surface area contributed by atoms with E-state index in [0.717, 1.165) is 22.4 Å². The maximum atomic E-state index is 8.80. The molecule has 1 aromatic rings. The highest BCUT2D eigenvalue weighted by molar-refractivity contribution is 7.99. The van der Waals surface area contributed by atoms with Crippen LogP contribution in [0.25, 0.3) is 0 Å². The van der Waals surface area contributed by atoms with Gasteiger partial charge in [-0.25, -0.2) is 4.98 Å². The minimum atomic E-state index is 0.0619. The Kier molecular flexibility index (Phi) is 1.25. The van der Waals surface area contributed by atoms with Crippen LogP contribution in [-0.4, -0.2) is 14.7 Å². The van der Waals surface area contributed by atoms with Crippen molar-refractivity contribution >= 4 is 11.8 Å². The summed E-state index contributed by atoms with van der Waals surface area (Å²) in [6.45, 7) is 2.05. The van der Waals surface area contributed by atoms with Crippen molar-refractivity contribution in [1.29, 1.82) is 0 Å². The number of thioether (sulfide) groups is 1. The zero-order valence-corrected chi connectivity index (χ0v) is 6.48. The molecule has 0 radical (unpaired) electrons. The first-order valence-electron chi connectivity index (χ1n) is 3.12. The Morgan fingerprint density at radius 3 is 2.90 bits per heavy atom. The standard InChI is InChI=1S/C6H8N2OS/c1-4-5(2-9)7-6-8(4)3-10-6/h9H,2-3H2,1H3. The van der Waals surface area contributed by atoms with Crippen LogP contribution in [-0.2, 0) is 12.5 Å². The molecule has 2 rings (SSSR count). The average Bonchev–Trinajstić information content (AvgIpc) is 2.05. The molecule has 0 saturated heterocycles. The highest BCUT2D eigenvalue weighted by Crippen LogP contribution is 2.32. The molecule has 3 nitrogen and oxygen atoms in total. The predicted molar refractivity (Wildman–Crippen MR) is 38.7 cm³/mol. The Hall–Kier alpha value is -0.480. The predicted octanol–water partition coefficient (Wildman–Crippen LogP) is 0.747. The number of aromatic nitrogens is 2. The molecule has 0 spiro atoms. The monoisotopic (exact) mass is 156 g/mol. The van der Waals surface area contributed by atoms with Gasteiger partial charge in [-0.15, -0.1) is 0 Å². The molecule has 1 aromatic heterocycles. The Bertz CT molecular complexity index is 269. The Labute approximate surface area is 63.1 Å². The van der Waals surface area contributed by atoms with E-state index in [-0.39, 0.29) is 6.61 Å². The van der Waals surface area contributed by atoms with Gasteiger partial charge in [-0.1, -0.05) is 11.8 Å². The number of hydrogen-bond donors (Lipinski definition) is 1. The van der Waals surface area contributed by atoms with Crippen molar-refractivity contribution in [2.45, 2.75) is 24.6 Å². The van der Waals surface area contributed by atoms with Gasteiger partial charge in [-0.05, 0) is 6.92 Å². The maximum Gasteiger partial charge on any atom is 0.171 e. The van der Waals surface area contributed by atoms with Gasteiger partial charge in [-0.3, -0.25) is 0 Å². The van der Waals surface area contributed by atoms with Gasteiger partial charge in [0.05, 0.1) is 18.2 Å². The SMILES string of the molecule is Cc1c(CO)nc2n1CS2. The van der Waals surface area contributed by atoms with Crippen molar-refractivity contribution in [2.24, 2.45) is 0 Å². The van der Waals surface area contributed by atoms with Crippen LogP contribution in [0.3, 0.4) is 0 Å². The lowest BCUT2D eigenvalue weighted by atomic mass is 10.4. The summed E-state index contributed by atoms with van der Waals surface area (Å²) in [4.78, 5) is 4.19. The highest BCUT2D eigenvalue weighted by Gasteiger charge is 2.20. The quantitative estimate of drug-likeness (QED) is 0.652. The Morgan fingerprint density at radius 1 is 1.80 bits per heavy atom. The second-order valence-corrected chi connectivity index (χ2v) is 3.20. The molecule has 0 aromatic carbocycles. The summed E-state index contributed by atoms with van der Waals surface area (Å²) < 4.78 is 2.11. The van der Waals surface area contributed by atoms with Crippen molar-refractivity contribution in [2.75, 3.05) is 0 Å². The van der Waals surface area contributed by atoms with Crippen LogP contribution >= 0.6 is 11.8 Å². The summed E-state index contributed by atoms with van der Waals surface area (Å²) >= 11 is 1.72. The first-order chi connectivity index (χ1) is 4.83. The van der Waals surface area contributed by atoms with Gasteiger partial charge in [0.1, 0.15) is 0 Å². The maximum absolute atomic E-state index is 8.80. The number of nitrogens with zero attached hydrogens (tertiary/aromatic N) is 2. The Morgan fingerprint density at radius 2 is 2.60 bits per heavy atom. The number of rotatable bonds is 1. The number of aliphatic hydroxyl groups excluding tert-OH is 1. The molecule has 0 unspecified atom stereocenters. The summed E-state index contributed by atoms with van der Waals surface area (Å²) in [6.07, 6.45) is 0. The third-order valence-corrected chi connectivity index (χ3v) is 2.71. The van der Waals surface area contributed by atoms with Crippen LogP contribution < -0.4 is 0 Å². The fourth-order valence-electron chi connectivity index (χ4n) is 1.02. The van der Waals surface area contributed by atoms with E-state index in [4.69, 9.17) is 5.11 Å². The van der Waals surface area contributed by atoms with E-state index in [9.17, 15) is 0 Å². The molecule has 4 heteroatoms. The largest absolute Gasteiger partial charge is 0.390 e. The van der Waals surface area contributed by atoms with Gasteiger partial charge >= 0.3 is 0 Å². The normalized spacial score (nSPS) is 14.6. The smallest absolute Gasteiger partial charge is 0.171 e. The number of fused-ring (bicyclic) bond motifs is 1. The third kappa shape index (κ3) is 0.630. The molecular formula is C6H8N2OS. The first-order valence-corrected chi connectivity index (χ1v) is 4.11. The zero-order valence-electron chi connectivity index (χ0n) is 5.66. The second kappa shape index (κ2) is 2.00. The average molecular weight is 156 g/mol. The fraction of sp³-hybridized carbons (Fsp3) is 0.500. The molecular weight excluding hydrogens is 148 g/mol. The van der Waals surface area contributed by atoms with Crippen molar-refractivity contribution in [1.82, 2.24) is 9.55 Å².